The molecule has 170 valence electrons. The van der Waals surface area contributed by atoms with E-state index >= 15 is 0 Å². The summed E-state index contributed by atoms with van der Waals surface area (Å²) < 4.78 is 13.9. The van der Waals surface area contributed by atoms with Gasteiger partial charge in [0, 0.05) is 16.8 Å². The maximum atomic E-state index is 13.9. The van der Waals surface area contributed by atoms with Gasteiger partial charge in [-0.3, -0.25) is 9.59 Å². The summed E-state index contributed by atoms with van der Waals surface area (Å²) in [4.78, 5) is 30.5. The molecule has 0 spiro atoms. The van der Waals surface area contributed by atoms with Gasteiger partial charge in [-0.2, -0.15) is 0 Å². The number of hydrogen-bond acceptors (Lipinski definition) is 4. The van der Waals surface area contributed by atoms with Gasteiger partial charge in [0.2, 0.25) is 5.91 Å². The number of carbonyl (C=O) groups excluding carboxylic acids is 2. The molecule has 1 unspecified atom stereocenters. The minimum atomic E-state index is -0.595. The van der Waals surface area contributed by atoms with Crippen LogP contribution in [0.25, 0.3) is 0 Å². The Bertz CT molecular complexity index is 1300. The monoisotopic (exact) mass is 491 g/mol. The van der Waals surface area contributed by atoms with Crippen LogP contribution >= 0.6 is 23.4 Å². The second-order valence-corrected chi connectivity index (χ2v) is 8.84. The van der Waals surface area contributed by atoms with Crippen LogP contribution in [0.4, 0.5) is 15.9 Å². The lowest BCUT2D eigenvalue weighted by molar-refractivity contribution is -0.115. The number of nitrogens with one attached hydrogen (secondary N) is 2. The minimum absolute atomic E-state index is 0.0439. The Morgan fingerprint density at radius 1 is 0.882 bits per heavy atom. The summed E-state index contributed by atoms with van der Waals surface area (Å²) >= 11 is 7.20. The Morgan fingerprint density at radius 3 is 2.38 bits per heavy atom. The molecule has 0 aliphatic rings. The number of anilines is 2. The summed E-state index contributed by atoms with van der Waals surface area (Å²) in [5.74, 6) is -1.01. The summed E-state index contributed by atoms with van der Waals surface area (Å²) in [6.07, 6.45) is 1.46. The van der Waals surface area contributed by atoms with E-state index in [9.17, 15) is 14.0 Å². The molecule has 0 fully saturated rings. The van der Waals surface area contributed by atoms with Crippen molar-refractivity contribution in [2.24, 2.45) is 0 Å². The Balaban J connectivity index is 1.54. The highest BCUT2D eigenvalue weighted by Crippen LogP contribution is 2.37. The average molecular weight is 492 g/mol. The van der Waals surface area contributed by atoms with Crippen LogP contribution in [0.3, 0.4) is 0 Å². The van der Waals surface area contributed by atoms with Crippen molar-refractivity contribution in [2.75, 3.05) is 10.6 Å². The van der Waals surface area contributed by atoms with Crippen molar-refractivity contribution in [3.05, 3.63) is 119 Å². The van der Waals surface area contributed by atoms with Gasteiger partial charge in [0.15, 0.2) is 0 Å². The molecule has 0 aliphatic heterocycles. The molecule has 0 saturated heterocycles. The lowest BCUT2D eigenvalue weighted by atomic mass is 10.1. The topological polar surface area (TPSA) is 71.1 Å². The van der Waals surface area contributed by atoms with Gasteiger partial charge in [0.1, 0.15) is 16.9 Å². The highest BCUT2D eigenvalue weighted by molar-refractivity contribution is 8.00. The first-order valence-electron chi connectivity index (χ1n) is 10.3. The molecule has 3 aromatic carbocycles. The molecular formula is C26H19ClFN3O2S. The van der Waals surface area contributed by atoms with Crippen LogP contribution < -0.4 is 10.6 Å². The zero-order valence-corrected chi connectivity index (χ0v) is 19.3. The lowest BCUT2D eigenvalue weighted by Crippen LogP contribution is -2.19. The fourth-order valence-electron chi connectivity index (χ4n) is 3.17. The van der Waals surface area contributed by atoms with Crippen LogP contribution in [0.1, 0.15) is 21.2 Å². The summed E-state index contributed by atoms with van der Waals surface area (Å²) in [5, 5.41) is 5.42. The van der Waals surface area contributed by atoms with E-state index in [1.807, 2.05) is 36.4 Å². The maximum absolute atomic E-state index is 13.9. The number of benzene rings is 3. The third-order valence-corrected chi connectivity index (χ3v) is 6.26. The molecule has 0 radical (unpaired) electrons. The number of nitrogens with zero attached hydrogens (tertiary/aromatic N) is 1. The second-order valence-electron chi connectivity index (χ2n) is 7.22. The van der Waals surface area contributed by atoms with Crippen molar-refractivity contribution in [3.8, 4) is 0 Å². The zero-order chi connectivity index (χ0) is 23.9. The average Bonchev–Trinajstić information content (AvgIpc) is 2.85. The first-order valence-corrected chi connectivity index (χ1v) is 11.6. The predicted octanol–water partition coefficient (Wildman–Crippen LogP) is 6.60. The SMILES string of the molecule is O=C(Nc1cccc(SC(C(=O)Nc2ccc(Cl)cn2)c2ccccc2)c1)c1ccccc1F. The summed E-state index contributed by atoms with van der Waals surface area (Å²) in [6.45, 7) is 0. The molecular weight excluding hydrogens is 473 g/mol. The maximum Gasteiger partial charge on any atom is 0.258 e. The van der Waals surface area contributed by atoms with Crippen LogP contribution in [-0.2, 0) is 4.79 Å². The van der Waals surface area contributed by atoms with Crippen LogP contribution in [-0.4, -0.2) is 16.8 Å². The Hall–Kier alpha value is -3.68. The number of hydrogen-bond donors (Lipinski definition) is 2. The zero-order valence-electron chi connectivity index (χ0n) is 17.7. The normalized spacial score (nSPS) is 11.5. The van der Waals surface area contributed by atoms with Crippen molar-refractivity contribution >= 4 is 46.7 Å². The van der Waals surface area contributed by atoms with Gasteiger partial charge in [0.05, 0.1) is 10.6 Å². The molecule has 2 N–H and O–H groups in total. The van der Waals surface area contributed by atoms with Crippen LogP contribution in [0.15, 0.2) is 102 Å². The van der Waals surface area contributed by atoms with Crippen LogP contribution in [0.2, 0.25) is 5.02 Å². The number of rotatable bonds is 7. The van der Waals surface area contributed by atoms with Gasteiger partial charge in [-0.15, -0.1) is 11.8 Å². The summed E-state index contributed by atoms with van der Waals surface area (Å²) in [7, 11) is 0. The van der Waals surface area contributed by atoms with Gasteiger partial charge >= 0.3 is 0 Å². The predicted molar refractivity (Wildman–Crippen MR) is 134 cm³/mol. The molecule has 0 bridgehead atoms. The lowest BCUT2D eigenvalue weighted by Gasteiger charge is -2.17. The third kappa shape index (κ3) is 6.01. The Morgan fingerprint density at radius 2 is 1.65 bits per heavy atom. The van der Waals surface area contributed by atoms with Crippen molar-refractivity contribution in [1.82, 2.24) is 4.98 Å². The molecule has 8 heteroatoms. The number of aromatic nitrogens is 1. The fourth-order valence-corrected chi connectivity index (χ4v) is 4.36. The number of amides is 2. The van der Waals surface area contributed by atoms with Gasteiger partial charge in [-0.25, -0.2) is 9.37 Å². The Labute approximate surface area is 205 Å². The molecule has 1 heterocycles. The molecule has 34 heavy (non-hydrogen) atoms. The highest BCUT2D eigenvalue weighted by atomic mass is 35.5. The van der Waals surface area contributed by atoms with E-state index in [4.69, 9.17) is 11.6 Å². The van der Waals surface area contributed by atoms with E-state index in [0.717, 1.165) is 10.5 Å². The molecule has 4 aromatic rings. The minimum Gasteiger partial charge on any atom is -0.322 e. The number of thioether (sulfide) groups is 1. The number of carbonyl (C=O) groups is 2. The molecule has 5 nitrogen and oxygen atoms in total. The molecule has 2 amide bonds. The largest absolute Gasteiger partial charge is 0.322 e. The number of halogens is 2. The van der Waals surface area contributed by atoms with E-state index in [1.54, 1.807) is 36.4 Å². The van der Waals surface area contributed by atoms with E-state index < -0.39 is 17.0 Å². The molecule has 4 rings (SSSR count). The third-order valence-electron chi connectivity index (χ3n) is 4.78. The van der Waals surface area contributed by atoms with Gasteiger partial charge < -0.3 is 10.6 Å². The van der Waals surface area contributed by atoms with Crippen molar-refractivity contribution < 1.29 is 14.0 Å². The standard InChI is InChI=1S/C26H19ClFN3O2S/c27-18-13-14-23(29-16-18)31-26(33)24(17-7-2-1-3-8-17)34-20-10-6-9-19(15-20)30-25(32)21-11-4-5-12-22(21)28/h1-16,24H,(H,30,32)(H,29,31,33). The smallest absolute Gasteiger partial charge is 0.258 e. The molecule has 1 aromatic heterocycles. The first kappa shape index (κ1) is 23.5. The van der Waals surface area contributed by atoms with Crippen molar-refractivity contribution in [3.63, 3.8) is 0 Å². The molecule has 0 saturated carbocycles. The van der Waals surface area contributed by atoms with Crippen molar-refractivity contribution in [1.29, 1.82) is 0 Å². The van der Waals surface area contributed by atoms with E-state index in [0.29, 0.717) is 16.5 Å². The fraction of sp³-hybridized carbons (Fsp3) is 0.0385. The summed E-state index contributed by atoms with van der Waals surface area (Å²) in [6, 6.07) is 25.5. The van der Waals surface area contributed by atoms with Crippen LogP contribution in [0.5, 0.6) is 0 Å². The summed E-state index contributed by atoms with van der Waals surface area (Å²) in [5.41, 5.74) is 1.25. The van der Waals surface area contributed by atoms with E-state index in [1.165, 1.54) is 36.2 Å². The van der Waals surface area contributed by atoms with Gasteiger partial charge in [-0.1, -0.05) is 60.1 Å². The first-order chi connectivity index (χ1) is 16.5. The van der Waals surface area contributed by atoms with Crippen LogP contribution in [0, 0.1) is 5.82 Å². The quantitative estimate of drug-likeness (QED) is 0.286. The molecule has 0 aliphatic carbocycles. The van der Waals surface area contributed by atoms with Crippen molar-refractivity contribution in [2.45, 2.75) is 10.1 Å². The van der Waals surface area contributed by atoms with Gasteiger partial charge in [0.25, 0.3) is 5.91 Å². The van der Waals surface area contributed by atoms with Gasteiger partial charge in [-0.05, 0) is 48.0 Å². The molecule has 1 atom stereocenters. The number of pyridine rings is 1. The second kappa shape index (κ2) is 11.0. The Kier molecular flexibility index (Phi) is 7.57. The van der Waals surface area contributed by atoms with E-state index in [2.05, 4.69) is 15.6 Å². The highest BCUT2D eigenvalue weighted by Gasteiger charge is 2.23. The van der Waals surface area contributed by atoms with E-state index in [-0.39, 0.29) is 11.5 Å².